The summed E-state index contributed by atoms with van der Waals surface area (Å²) < 4.78 is 0. The molecule has 0 aliphatic rings. The van der Waals surface area contributed by atoms with Crippen LogP contribution < -0.4 is 0 Å². The molecule has 0 saturated heterocycles. The number of aliphatic hydroxyl groups is 1. The van der Waals surface area contributed by atoms with E-state index in [0.717, 1.165) is 18.8 Å². The molecule has 90 valence electrons. The Morgan fingerprint density at radius 2 is 2.12 bits per heavy atom. The van der Waals surface area contributed by atoms with Gasteiger partial charge >= 0.3 is 0 Å². The van der Waals surface area contributed by atoms with Crippen LogP contribution in [0.4, 0.5) is 0 Å². The lowest BCUT2D eigenvalue weighted by atomic mass is 10.1. The molecule has 0 saturated carbocycles. The highest BCUT2D eigenvalue weighted by molar-refractivity contribution is 5.17. The summed E-state index contributed by atoms with van der Waals surface area (Å²) in [5, 5.41) is 9.80. The summed E-state index contributed by atoms with van der Waals surface area (Å²) in [5.41, 5.74) is 1.64. The van der Waals surface area contributed by atoms with Crippen molar-refractivity contribution in [2.75, 3.05) is 13.1 Å². The van der Waals surface area contributed by atoms with Gasteiger partial charge in [0.05, 0.1) is 11.3 Å². The first-order valence-corrected chi connectivity index (χ1v) is 5.77. The fourth-order valence-electron chi connectivity index (χ4n) is 1.72. The van der Waals surface area contributed by atoms with Crippen molar-refractivity contribution >= 4 is 0 Å². The van der Waals surface area contributed by atoms with E-state index in [4.69, 9.17) is 0 Å². The Kier molecular flexibility index (Phi) is 4.44. The van der Waals surface area contributed by atoms with Crippen LogP contribution in [0.2, 0.25) is 0 Å². The van der Waals surface area contributed by atoms with Crippen LogP contribution in [0.15, 0.2) is 18.3 Å². The van der Waals surface area contributed by atoms with Crippen LogP contribution in [-0.2, 0) is 6.54 Å². The van der Waals surface area contributed by atoms with Gasteiger partial charge < -0.3 is 5.11 Å². The minimum absolute atomic E-state index is 0.654. The Hall–Kier alpha value is -0.930. The van der Waals surface area contributed by atoms with Crippen LogP contribution in [0.1, 0.15) is 32.0 Å². The Bertz CT molecular complexity index is 331. The molecule has 0 amide bonds. The molecule has 1 aromatic rings. The van der Waals surface area contributed by atoms with Crippen LogP contribution in [0.25, 0.3) is 0 Å². The third-order valence-corrected chi connectivity index (χ3v) is 2.55. The lowest BCUT2D eigenvalue weighted by Crippen LogP contribution is -2.38. The molecule has 1 aromatic heterocycles. The molecule has 0 aliphatic carbocycles. The predicted molar refractivity (Wildman–Crippen MR) is 66.2 cm³/mol. The maximum atomic E-state index is 9.80. The lowest BCUT2D eigenvalue weighted by molar-refractivity contribution is 0.0349. The third-order valence-electron chi connectivity index (χ3n) is 2.55. The third kappa shape index (κ3) is 4.29. The first kappa shape index (κ1) is 13.1. The highest BCUT2D eigenvalue weighted by Crippen LogP contribution is 2.10. The number of aromatic nitrogens is 1. The van der Waals surface area contributed by atoms with E-state index in [1.165, 1.54) is 5.56 Å². The summed E-state index contributed by atoms with van der Waals surface area (Å²) >= 11 is 0. The van der Waals surface area contributed by atoms with Crippen LogP contribution in [-0.4, -0.2) is 33.7 Å². The average Bonchev–Trinajstić information content (AvgIpc) is 2.18. The number of pyridine rings is 1. The minimum atomic E-state index is -0.654. The van der Waals surface area contributed by atoms with E-state index >= 15 is 0 Å². The van der Waals surface area contributed by atoms with Crippen LogP contribution in [0, 0.1) is 6.92 Å². The molecule has 0 bridgehead atoms. The van der Waals surface area contributed by atoms with Crippen molar-refractivity contribution in [3.05, 3.63) is 29.6 Å². The summed E-state index contributed by atoms with van der Waals surface area (Å²) in [7, 11) is 0. The minimum Gasteiger partial charge on any atom is -0.389 e. The van der Waals surface area contributed by atoms with E-state index in [2.05, 4.69) is 29.8 Å². The van der Waals surface area contributed by atoms with Gasteiger partial charge in [-0.2, -0.15) is 0 Å². The molecule has 1 heterocycles. The Morgan fingerprint density at radius 1 is 1.44 bits per heavy atom. The van der Waals surface area contributed by atoms with Crippen LogP contribution >= 0.6 is 0 Å². The zero-order chi connectivity index (χ0) is 12.2. The molecule has 0 radical (unpaired) electrons. The number of nitrogens with zero attached hydrogens (tertiary/aromatic N) is 2. The van der Waals surface area contributed by atoms with Gasteiger partial charge in [-0.1, -0.05) is 13.0 Å². The maximum Gasteiger partial charge on any atom is 0.0718 e. The quantitative estimate of drug-likeness (QED) is 0.827. The van der Waals surface area contributed by atoms with Crippen molar-refractivity contribution < 1.29 is 5.11 Å². The van der Waals surface area contributed by atoms with Crippen molar-refractivity contribution in [1.82, 2.24) is 9.88 Å². The van der Waals surface area contributed by atoms with Crippen LogP contribution in [0.3, 0.4) is 0 Å². The second kappa shape index (κ2) is 5.41. The molecule has 0 spiro atoms. The molecule has 0 unspecified atom stereocenters. The van der Waals surface area contributed by atoms with E-state index in [1.807, 2.05) is 26.1 Å². The number of aryl methyl sites for hydroxylation is 1. The summed E-state index contributed by atoms with van der Waals surface area (Å²) in [6.45, 7) is 10.2. The van der Waals surface area contributed by atoms with Gasteiger partial charge in [0.25, 0.3) is 0 Å². The Morgan fingerprint density at radius 3 is 2.62 bits per heavy atom. The van der Waals surface area contributed by atoms with Gasteiger partial charge in [-0.15, -0.1) is 0 Å². The summed E-state index contributed by atoms with van der Waals surface area (Å²) in [5.74, 6) is 0. The monoisotopic (exact) mass is 222 g/mol. The van der Waals surface area contributed by atoms with Gasteiger partial charge in [-0.05, 0) is 38.9 Å². The average molecular weight is 222 g/mol. The summed E-state index contributed by atoms with van der Waals surface area (Å²) in [6.07, 6.45) is 1.82. The second-order valence-corrected chi connectivity index (χ2v) is 4.88. The van der Waals surface area contributed by atoms with Gasteiger partial charge in [-0.25, -0.2) is 0 Å². The predicted octanol–water partition coefficient (Wildman–Crippen LogP) is 1.98. The molecule has 1 rings (SSSR count). The molecule has 16 heavy (non-hydrogen) atoms. The van der Waals surface area contributed by atoms with Crippen molar-refractivity contribution in [2.45, 2.75) is 39.8 Å². The van der Waals surface area contributed by atoms with E-state index in [0.29, 0.717) is 6.54 Å². The van der Waals surface area contributed by atoms with E-state index < -0.39 is 5.60 Å². The molecule has 0 fully saturated rings. The zero-order valence-electron chi connectivity index (χ0n) is 10.7. The molecule has 3 nitrogen and oxygen atoms in total. The highest BCUT2D eigenvalue weighted by Gasteiger charge is 2.17. The van der Waals surface area contributed by atoms with Gasteiger partial charge in [-0.3, -0.25) is 9.88 Å². The molecule has 0 aliphatic heterocycles. The number of hydrogen-bond donors (Lipinski definition) is 1. The first-order chi connectivity index (χ1) is 7.42. The van der Waals surface area contributed by atoms with Crippen molar-refractivity contribution in [1.29, 1.82) is 0 Å². The largest absolute Gasteiger partial charge is 0.389 e. The standard InChI is InChI=1S/C13H22N2O/c1-5-15(10-13(3,4)16)9-12-11(2)7-6-8-14-12/h6-8,16H,5,9-10H2,1-4H3. The normalized spacial score (nSPS) is 12.1. The number of likely N-dealkylation sites (N-methyl/N-ethyl adjacent to an activating group) is 1. The Balaban J connectivity index is 2.67. The van der Waals surface area contributed by atoms with E-state index in [-0.39, 0.29) is 0 Å². The van der Waals surface area contributed by atoms with Gasteiger partial charge in [0, 0.05) is 19.3 Å². The fraction of sp³-hybridized carbons (Fsp3) is 0.615. The van der Waals surface area contributed by atoms with Crippen molar-refractivity contribution in [2.24, 2.45) is 0 Å². The zero-order valence-corrected chi connectivity index (χ0v) is 10.7. The maximum absolute atomic E-state index is 9.80. The molecular formula is C13H22N2O. The van der Waals surface area contributed by atoms with Crippen molar-refractivity contribution in [3.8, 4) is 0 Å². The van der Waals surface area contributed by atoms with Gasteiger partial charge in [0.2, 0.25) is 0 Å². The first-order valence-electron chi connectivity index (χ1n) is 5.77. The molecule has 0 atom stereocenters. The Labute approximate surface area is 98.1 Å². The summed E-state index contributed by atoms with van der Waals surface area (Å²) in [6, 6.07) is 4.02. The lowest BCUT2D eigenvalue weighted by Gasteiger charge is -2.27. The van der Waals surface area contributed by atoms with Crippen LogP contribution in [0.5, 0.6) is 0 Å². The highest BCUT2D eigenvalue weighted by atomic mass is 16.3. The van der Waals surface area contributed by atoms with Gasteiger partial charge in [0.15, 0.2) is 0 Å². The smallest absolute Gasteiger partial charge is 0.0718 e. The SMILES string of the molecule is CCN(Cc1ncccc1C)CC(C)(C)O. The van der Waals surface area contributed by atoms with E-state index in [9.17, 15) is 5.11 Å². The molecular weight excluding hydrogens is 200 g/mol. The second-order valence-electron chi connectivity index (χ2n) is 4.88. The summed E-state index contributed by atoms with van der Waals surface area (Å²) in [4.78, 5) is 6.58. The topological polar surface area (TPSA) is 36.4 Å². The van der Waals surface area contributed by atoms with Gasteiger partial charge in [0.1, 0.15) is 0 Å². The number of rotatable bonds is 5. The molecule has 0 aromatic carbocycles. The fourth-order valence-corrected chi connectivity index (χ4v) is 1.72. The number of hydrogen-bond acceptors (Lipinski definition) is 3. The van der Waals surface area contributed by atoms with Crippen molar-refractivity contribution in [3.63, 3.8) is 0 Å². The van der Waals surface area contributed by atoms with E-state index in [1.54, 1.807) is 0 Å². The molecule has 1 N–H and O–H groups in total. The molecule has 3 heteroatoms.